The summed E-state index contributed by atoms with van der Waals surface area (Å²) in [4.78, 5) is 26.1. The van der Waals surface area contributed by atoms with Crippen molar-refractivity contribution in [2.24, 2.45) is 0 Å². The van der Waals surface area contributed by atoms with Crippen molar-refractivity contribution in [1.82, 2.24) is 0 Å². The standard InChI is InChI=1S/C17H14Cl2N2O3/c1-10-17(23)21(14-4-2-3-5-15(14)24-10)9-16(22)20-13-7-6-11(18)8-12(13)19/h2-8,10H,9H2,1H3,(H,20,22). The first-order valence-electron chi connectivity index (χ1n) is 7.27. The fraction of sp³-hybridized carbons (Fsp3) is 0.176. The Morgan fingerprint density at radius 3 is 2.75 bits per heavy atom. The van der Waals surface area contributed by atoms with Gasteiger partial charge in [0.05, 0.1) is 16.4 Å². The third-order valence-electron chi connectivity index (χ3n) is 3.58. The highest BCUT2D eigenvalue weighted by Crippen LogP contribution is 2.33. The van der Waals surface area contributed by atoms with Gasteiger partial charge in [-0.05, 0) is 37.3 Å². The normalized spacial score (nSPS) is 16.4. The second kappa shape index (κ2) is 6.71. The molecule has 1 heterocycles. The molecule has 2 aromatic rings. The molecule has 0 fully saturated rings. The predicted octanol–water partition coefficient (Wildman–Crippen LogP) is 3.75. The van der Waals surface area contributed by atoms with Gasteiger partial charge >= 0.3 is 0 Å². The van der Waals surface area contributed by atoms with E-state index in [1.807, 2.05) is 6.07 Å². The zero-order chi connectivity index (χ0) is 17.3. The van der Waals surface area contributed by atoms with E-state index >= 15 is 0 Å². The quantitative estimate of drug-likeness (QED) is 0.902. The topological polar surface area (TPSA) is 58.6 Å². The van der Waals surface area contributed by atoms with Crippen molar-refractivity contribution in [3.63, 3.8) is 0 Å². The van der Waals surface area contributed by atoms with Crippen LogP contribution in [0.2, 0.25) is 10.0 Å². The summed E-state index contributed by atoms with van der Waals surface area (Å²) in [7, 11) is 0. The molecule has 7 heteroatoms. The smallest absolute Gasteiger partial charge is 0.268 e. The molecular weight excluding hydrogens is 351 g/mol. The summed E-state index contributed by atoms with van der Waals surface area (Å²) >= 11 is 11.9. The molecule has 1 aliphatic rings. The molecular formula is C17H14Cl2N2O3. The largest absolute Gasteiger partial charge is 0.479 e. The fourth-order valence-corrected chi connectivity index (χ4v) is 2.90. The van der Waals surface area contributed by atoms with Gasteiger partial charge in [0.2, 0.25) is 5.91 Å². The number of benzene rings is 2. The molecule has 0 aromatic heterocycles. The predicted molar refractivity (Wildman–Crippen MR) is 94.0 cm³/mol. The molecule has 0 bridgehead atoms. The number of nitrogens with zero attached hydrogens (tertiary/aromatic N) is 1. The van der Waals surface area contributed by atoms with Gasteiger partial charge in [0.1, 0.15) is 12.3 Å². The second-order valence-electron chi connectivity index (χ2n) is 5.32. The molecule has 0 aliphatic carbocycles. The third kappa shape index (κ3) is 3.32. The summed E-state index contributed by atoms with van der Waals surface area (Å²) in [5, 5.41) is 3.49. The lowest BCUT2D eigenvalue weighted by Gasteiger charge is -2.32. The number of para-hydroxylation sites is 2. The van der Waals surface area contributed by atoms with Crippen LogP contribution in [-0.4, -0.2) is 24.5 Å². The van der Waals surface area contributed by atoms with E-state index in [0.29, 0.717) is 27.2 Å². The van der Waals surface area contributed by atoms with Gasteiger partial charge in [-0.2, -0.15) is 0 Å². The van der Waals surface area contributed by atoms with Crippen LogP contribution < -0.4 is 15.0 Å². The van der Waals surface area contributed by atoms with E-state index in [9.17, 15) is 9.59 Å². The van der Waals surface area contributed by atoms with Gasteiger partial charge in [-0.15, -0.1) is 0 Å². The fourth-order valence-electron chi connectivity index (χ4n) is 2.45. The Kier molecular flexibility index (Phi) is 4.64. The van der Waals surface area contributed by atoms with Crippen molar-refractivity contribution in [3.8, 4) is 5.75 Å². The van der Waals surface area contributed by atoms with Gasteiger partial charge < -0.3 is 10.1 Å². The summed E-state index contributed by atoms with van der Waals surface area (Å²) in [6.07, 6.45) is -0.646. The van der Waals surface area contributed by atoms with Gasteiger partial charge in [0, 0.05) is 5.02 Å². The van der Waals surface area contributed by atoms with Crippen molar-refractivity contribution in [1.29, 1.82) is 0 Å². The molecule has 3 rings (SSSR count). The van der Waals surface area contributed by atoms with E-state index in [1.54, 1.807) is 37.3 Å². The van der Waals surface area contributed by atoms with E-state index in [2.05, 4.69) is 5.32 Å². The lowest BCUT2D eigenvalue weighted by Crippen LogP contribution is -2.47. The highest BCUT2D eigenvalue weighted by molar-refractivity contribution is 6.36. The van der Waals surface area contributed by atoms with E-state index in [-0.39, 0.29) is 18.4 Å². The zero-order valence-corrected chi connectivity index (χ0v) is 14.3. The highest BCUT2D eigenvalue weighted by Gasteiger charge is 2.32. The summed E-state index contributed by atoms with van der Waals surface area (Å²) in [5.41, 5.74) is 1.01. The Morgan fingerprint density at radius 2 is 2.00 bits per heavy atom. The van der Waals surface area contributed by atoms with E-state index in [0.717, 1.165) is 0 Å². The Labute approximate surface area is 149 Å². The summed E-state index contributed by atoms with van der Waals surface area (Å²) in [5.74, 6) is -0.0653. The van der Waals surface area contributed by atoms with Crippen molar-refractivity contribution in [2.45, 2.75) is 13.0 Å². The van der Waals surface area contributed by atoms with Crippen molar-refractivity contribution in [2.75, 3.05) is 16.8 Å². The maximum atomic E-state index is 12.4. The number of hydrogen-bond acceptors (Lipinski definition) is 3. The van der Waals surface area contributed by atoms with Gasteiger partial charge in [-0.3, -0.25) is 14.5 Å². The lowest BCUT2D eigenvalue weighted by molar-refractivity contribution is -0.127. The Bertz CT molecular complexity index is 810. The van der Waals surface area contributed by atoms with Crippen LogP contribution in [0.3, 0.4) is 0 Å². The van der Waals surface area contributed by atoms with Crippen LogP contribution in [0.4, 0.5) is 11.4 Å². The van der Waals surface area contributed by atoms with Crippen LogP contribution in [0, 0.1) is 0 Å². The number of halogens is 2. The molecule has 124 valence electrons. The first kappa shape index (κ1) is 16.6. The van der Waals surface area contributed by atoms with Crippen molar-refractivity contribution >= 4 is 46.4 Å². The SMILES string of the molecule is CC1Oc2ccccc2N(CC(=O)Nc2ccc(Cl)cc2Cl)C1=O. The number of anilines is 2. The van der Waals surface area contributed by atoms with E-state index < -0.39 is 6.10 Å². The van der Waals surface area contributed by atoms with Crippen LogP contribution in [0.5, 0.6) is 5.75 Å². The first-order valence-corrected chi connectivity index (χ1v) is 8.03. The Morgan fingerprint density at radius 1 is 1.25 bits per heavy atom. The van der Waals surface area contributed by atoms with Crippen LogP contribution in [0.15, 0.2) is 42.5 Å². The molecule has 0 radical (unpaired) electrons. The number of rotatable bonds is 3. The third-order valence-corrected chi connectivity index (χ3v) is 4.13. The number of ether oxygens (including phenoxy) is 1. The molecule has 0 saturated carbocycles. The number of nitrogens with one attached hydrogen (secondary N) is 1. The molecule has 2 amide bonds. The molecule has 24 heavy (non-hydrogen) atoms. The molecule has 2 aromatic carbocycles. The molecule has 5 nitrogen and oxygen atoms in total. The minimum Gasteiger partial charge on any atom is -0.479 e. The van der Waals surface area contributed by atoms with E-state index in [1.165, 1.54) is 11.0 Å². The maximum Gasteiger partial charge on any atom is 0.268 e. The maximum absolute atomic E-state index is 12.4. The average molecular weight is 365 g/mol. The lowest BCUT2D eigenvalue weighted by atomic mass is 10.2. The van der Waals surface area contributed by atoms with Gasteiger partial charge in [0.25, 0.3) is 5.91 Å². The van der Waals surface area contributed by atoms with Crippen molar-refractivity contribution < 1.29 is 14.3 Å². The minimum absolute atomic E-state index is 0.136. The molecule has 1 N–H and O–H groups in total. The number of carbonyl (C=O) groups excluding carboxylic acids is 2. The summed E-state index contributed by atoms with van der Waals surface area (Å²) < 4.78 is 5.55. The average Bonchev–Trinajstić information content (AvgIpc) is 2.54. The first-order chi connectivity index (χ1) is 11.5. The van der Waals surface area contributed by atoms with Crippen LogP contribution >= 0.6 is 23.2 Å². The molecule has 0 spiro atoms. The molecule has 1 aliphatic heterocycles. The van der Waals surface area contributed by atoms with Gasteiger partial charge in [-0.1, -0.05) is 35.3 Å². The summed E-state index contributed by atoms with van der Waals surface area (Å²) in [6.45, 7) is 1.52. The number of amides is 2. The molecule has 0 saturated heterocycles. The van der Waals surface area contributed by atoms with Gasteiger partial charge in [0.15, 0.2) is 6.10 Å². The summed E-state index contributed by atoms with van der Waals surface area (Å²) in [6, 6.07) is 11.9. The Hall–Kier alpha value is -2.24. The minimum atomic E-state index is -0.646. The van der Waals surface area contributed by atoms with Crippen molar-refractivity contribution in [3.05, 3.63) is 52.5 Å². The van der Waals surface area contributed by atoms with Crippen LogP contribution in [-0.2, 0) is 9.59 Å². The monoisotopic (exact) mass is 364 g/mol. The van der Waals surface area contributed by atoms with E-state index in [4.69, 9.17) is 27.9 Å². The second-order valence-corrected chi connectivity index (χ2v) is 6.17. The number of carbonyl (C=O) groups is 2. The van der Waals surface area contributed by atoms with Crippen LogP contribution in [0.25, 0.3) is 0 Å². The van der Waals surface area contributed by atoms with Crippen LogP contribution in [0.1, 0.15) is 6.92 Å². The number of hydrogen-bond donors (Lipinski definition) is 1. The number of fused-ring (bicyclic) bond motifs is 1. The zero-order valence-electron chi connectivity index (χ0n) is 12.8. The highest BCUT2D eigenvalue weighted by atomic mass is 35.5. The van der Waals surface area contributed by atoms with Gasteiger partial charge in [-0.25, -0.2) is 0 Å². The Balaban J connectivity index is 1.79. The molecule has 1 atom stereocenters. The molecule has 1 unspecified atom stereocenters.